The van der Waals surface area contributed by atoms with Crippen LogP contribution < -0.4 is 0 Å². The normalized spacial score (nSPS) is 22.0. The molecule has 3 heterocycles. The molecule has 2 saturated heterocycles. The van der Waals surface area contributed by atoms with Crippen LogP contribution in [0.25, 0.3) is 5.70 Å². The summed E-state index contributed by atoms with van der Waals surface area (Å²) in [6.07, 6.45) is 9.30. The second-order valence-electron chi connectivity index (χ2n) is 14.9. The number of likely N-dealkylation sites (tertiary alicyclic amines) is 1. The molecular formula is C35H54N6O6. The SMILES string of the molecule is CC(C)CN(C(=O)c1nnn(C2=CC3=C(CCC3)CC2)c1CCCCO)[C@H]1C[C@@H](C(=O)N2CCOCC2)CN(C(=O)OC(C)(C)C)C1. The Morgan fingerprint density at radius 3 is 2.53 bits per heavy atom. The molecule has 1 aromatic heterocycles. The Bertz CT molecular complexity index is 1350. The average Bonchev–Trinajstić information content (AvgIpc) is 3.69. The first-order chi connectivity index (χ1) is 22.4. The zero-order valence-corrected chi connectivity index (χ0v) is 29.0. The number of carbonyl (C=O) groups excluding carboxylic acids is 3. The van der Waals surface area contributed by atoms with Gasteiger partial charge in [0.15, 0.2) is 5.69 Å². The average molecular weight is 655 g/mol. The lowest BCUT2D eigenvalue weighted by Crippen LogP contribution is -2.58. The third-order valence-corrected chi connectivity index (χ3v) is 9.48. The number of morpholine rings is 1. The molecule has 0 aromatic carbocycles. The lowest BCUT2D eigenvalue weighted by atomic mass is 9.91. The standard InChI is InChI=1S/C35H54N6O6/c1-24(2)21-40(29-20-27(32(43)38-14-17-46-18-15-38)22-39(23-29)34(45)47-35(3,4)5)33(44)31-30(11-6-7-16-42)41(37-36-31)28-13-12-25-9-8-10-26(25)19-28/h19,24,27,29,42H,6-18,20-23H2,1-5H3/t27-,29+/m1/s1. The van der Waals surface area contributed by atoms with Crippen molar-refractivity contribution >= 4 is 23.6 Å². The molecular weight excluding hydrogens is 600 g/mol. The molecule has 0 unspecified atom stereocenters. The molecule has 0 spiro atoms. The second-order valence-corrected chi connectivity index (χ2v) is 14.9. The maximum absolute atomic E-state index is 14.7. The minimum Gasteiger partial charge on any atom is -0.444 e. The van der Waals surface area contributed by atoms with Gasteiger partial charge in [-0.25, -0.2) is 9.48 Å². The summed E-state index contributed by atoms with van der Waals surface area (Å²) in [5.41, 5.74) is 4.33. The van der Waals surface area contributed by atoms with Gasteiger partial charge in [0.1, 0.15) is 5.60 Å². The molecule has 2 aliphatic heterocycles. The Balaban J connectivity index is 1.47. The van der Waals surface area contributed by atoms with Gasteiger partial charge in [-0.3, -0.25) is 9.59 Å². The Kier molecular flexibility index (Phi) is 11.4. The van der Waals surface area contributed by atoms with E-state index >= 15 is 0 Å². The first kappa shape index (κ1) is 35.1. The number of hydrogen-bond acceptors (Lipinski definition) is 8. The second kappa shape index (κ2) is 15.3. The first-order valence-corrected chi connectivity index (χ1v) is 17.6. The quantitative estimate of drug-likeness (QED) is 0.370. The van der Waals surface area contributed by atoms with Gasteiger partial charge in [-0.15, -0.1) is 5.10 Å². The Morgan fingerprint density at radius 2 is 1.83 bits per heavy atom. The molecule has 12 nitrogen and oxygen atoms in total. The highest BCUT2D eigenvalue weighted by molar-refractivity contribution is 5.94. The van der Waals surface area contributed by atoms with Gasteiger partial charge in [0.2, 0.25) is 5.91 Å². The minimum absolute atomic E-state index is 0.0241. The van der Waals surface area contributed by atoms with Crippen LogP contribution >= 0.6 is 0 Å². The number of aliphatic hydroxyl groups is 1. The highest BCUT2D eigenvalue weighted by Gasteiger charge is 2.42. The molecule has 47 heavy (non-hydrogen) atoms. The van der Waals surface area contributed by atoms with Crippen LogP contribution in [0.3, 0.4) is 0 Å². The molecule has 4 aliphatic rings. The van der Waals surface area contributed by atoms with E-state index in [2.05, 4.69) is 30.2 Å². The number of carbonyl (C=O) groups is 3. The van der Waals surface area contributed by atoms with E-state index in [-0.39, 0.29) is 37.4 Å². The van der Waals surface area contributed by atoms with Gasteiger partial charge in [-0.1, -0.05) is 24.6 Å². The molecule has 3 amide bonds. The van der Waals surface area contributed by atoms with E-state index in [9.17, 15) is 19.5 Å². The summed E-state index contributed by atoms with van der Waals surface area (Å²) in [6.45, 7) is 12.6. The summed E-state index contributed by atoms with van der Waals surface area (Å²) in [6, 6.07) is -0.420. The summed E-state index contributed by atoms with van der Waals surface area (Å²) >= 11 is 0. The maximum Gasteiger partial charge on any atom is 0.410 e. The third-order valence-electron chi connectivity index (χ3n) is 9.48. The van der Waals surface area contributed by atoms with Crippen molar-refractivity contribution in [2.45, 2.75) is 104 Å². The van der Waals surface area contributed by atoms with Gasteiger partial charge in [0, 0.05) is 45.0 Å². The Labute approximate surface area is 279 Å². The molecule has 260 valence electrons. The molecule has 2 atom stereocenters. The fourth-order valence-corrected chi connectivity index (χ4v) is 7.26. The number of piperidine rings is 1. The van der Waals surface area contributed by atoms with E-state index in [1.807, 2.05) is 35.3 Å². The third kappa shape index (κ3) is 8.62. The number of aromatic nitrogens is 3. The number of hydrogen-bond donors (Lipinski definition) is 1. The predicted octanol–water partition coefficient (Wildman–Crippen LogP) is 4.29. The summed E-state index contributed by atoms with van der Waals surface area (Å²) in [7, 11) is 0. The van der Waals surface area contributed by atoms with Gasteiger partial charge in [-0.05, 0) is 96.1 Å². The molecule has 2 fully saturated rings. The zero-order chi connectivity index (χ0) is 33.7. The molecule has 0 saturated carbocycles. The number of rotatable bonds is 10. The topological polar surface area (TPSA) is 130 Å². The summed E-state index contributed by atoms with van der Waals surface area (Å²) in [5.74, 6) is -0.618. The first-order valence-electron chi connectivity index (χ1n) is 17.6. The van der Waals surface area contributed by atoms with Crippen LogP contribution in [-0.2, 0) is 20.7 Å². The van der Waals surface area contributed by atoms with Crippen molar-refractivity contribution in [3.05, 3.63) is 28.6 Å². The molecule has 1 N–H and O–H groups in total. The molecule has 0 bridgehead atoms. The molecule has 12 heteroatoms. The molecule has 2 aliphatic carbocycles. The van der Waals surface area contributed by atoms with E-state index in [0.29, 0.717) is 64.2 Å². The fraction of sp³-hybridized carbons (Fsp3) is 0.743. The van der Waals surface area contributed by atoms with Crippen LogP contribution in [0.5, 0.6) is 0 Å². The van der Waals surface area contributed by atoms with Crippen LogP contribution in [0.15, 0.2) is 17.2 Å². The molecule has 5 rings (SSSR count). The van der Waals surface area contributed by atoms with E-state index in [1.165, 1.54) is 17.6 Å². The van der Waals surface area contributed by atoms with Gasteiger partial charge in [0.25, 0.3) is 5.91 Å². The van der Waals surface area contributed by atoms with Crippen LogP contribution in [0.4, 0.5) is 4.79 Å². The zero-order valence-electron chi connectivity index (χ0n) is 29.0. The van der Waals surface area contributed by atoms with E-state index in [4.69, 9.17) is 9.47 Å². The van der Waals surface area contributed by atoms with E-state index < -0.39 is 23.7 Å². The Morgan fingerprint density at radius 1 is 1.06 bits per heavy atom. The van der Waals surface area contributed by atoms with Crippen molar-refractivity contribution in [2.24, 2.45) is 11.8 Å². The number of ether oxygens (including phenoxy) is 2. The van der Waals surface area contributed by atoms with E-state index in [0.717, 1.165) is 37.1 Å². The number of aliphatic hydroxyl groups excluding tert-OH is 1. The van der Waals surface area contributed by atoms with Gasteiger partial charge < -0.3 is 29.3 Å². The van der Waals surface area contributed by atoms with Crippen molar-refractivity contribution in [2.75, 3.05) is 52.5 Å². The van der Waals surface area contributed by atoms with Crippen molar-refractivity contribution < 1.29 is 29.0 Å². The van der Waals surface area contributed by atoms with Crippen molar-refractivity contribution in [1.29, 1.82) is 0 Å². The number of amides is 3. The Hall–Kier alpha value is -3.25. The van der Waals surface area contributed by atoms with Crippen LogP contribution in [0.1, 0.15) is 102 Å². The van der Waals surface area contributed by atoms with Gasteiger partial charge >= 0.3 is 6.09 Å². The number of nitrogens with zero attached hydrogens (tertiary/aromatic N) is 6. The van der Waals surface area contributed by atoms with E-state index in [1.54, 1.807) is 4.90 Å². The van der Waals surface area contributed by atoms with Gasteiger partial charge in [0.05, 0.1) is 30.9 Å². The largest absolute Gasteiger partial charge is 0.444 e. The maximum atomic E-state index is 14.7. The van der Waals surface area contributed by atoms with Crippen molar-refractivity contribution in [1.82, 2.24) is 29.7 Å². The number of unbranched alkanes of at least 4 members (excludes halogenated alkanes) is 1. The minimum atomic E-state index is -0.702. The van der Waals surface area contributed by atoms with Crippen LogP contribution in [-0.4, -0.2) is 117 Å². The van der Waals surface area contributed by atoms with Gasteiger partial charge in [-0.2, -0.15) is 0 Å². The van der Waals surface area contributed by atoms with Crippen molar-refractivity contribution in [3.8, 4) is 0 Å². The monoisotopic (exact) mass is 654 g/mol. The highest BCUT2D eigenvalue weighted by atomic mass is 16.6. The predicted molar refractivity (Wildman–Crippen MR) is 177 cm³/mol. The fourth-order valence-electron chi connectivity index (χ4n) is 7.26. The molecule has 0 radical (unpaired) electrons. The number of allylic oxidation sites excluding steroid dienone is 4. The lowest BCUT2D eigenvalue weighted by Gasteiger charge is -2.44. The van der Waals surface area contributed by atoms with Crippen LogP contribution in [0.2, 0.25) is 0 Å². The van der Waals surface area contributed by atoms with Crippen LogP contribution in [0, 0.1) is 11.8 Å². The van der Waals surface area contributed by atoms with Crippen molar-refractivity contribution in [3.63, 3.8) is 0 Å². The summed E-state index contributed by atoms with van der Waals surface area (Å²) in [5, 5.41) is 18.6. The highest BCUT2D eigenvalue weighted by Crippen LogP contribution is 2.37. The summed E-state index contributed by atoms with van der Waals surface area (Å²) in [4.78, 5) is 47.2. The smallest absolute Gasteiger partial charge is 0.410 e. The summed E-state index contributed by atoms with van der Waals surface area (Å²) < 4.78 is 13.1. The lowest BCUT2D eigenvalue weighted by molar-refractivity contribution is -0.142. The molecule has 1 aromatic rings.